The lowest BCUT2D eigenvalue weighted by Crippen LogP contribution is -2.36. The van der Waals surface area contributed by atoms with Crippen LogP contribution in [0.15, 0.2) is 54.6 Å². The number of carbonyl (C=O) groups excluding carboxylic acids is 1. The number of ether oxygens (including phenoxy) is 2. The van der Waals surface area contributed by atoms with Gasteiger partial charge in [0, 0.05) is 19.6 Å². The van der Waals surface area contributed by atoms with E-state index in [2.05, 4.69) is 4.90 Å². The summed E-state index contributed by atoms with van der Waals surface area (Å²) in [6, 6.07) is 17.6. The molecule has 2 rings (SSSR count). The standard InChI is InChI=1S/C22H30N2O3/c1-4-26-20-10-12-21(13-11-20)27-17-14-22(25)24(16-15-23(2)3)18-19-8-6-5-7-9-19/h5-13H,4,14-18H2,1-3H3. The molecule has 2 aromatic rings. The van der Waals surface area contributed by atoms with Crippen LogP contribution in [0.2, 0.25) is 0 Å². The third-order valence-electron chi connectivity index (χ3n) is 4.11. The molecular weight excluding hydrogens is 340 g/mol. The van der Waals surface area contributed by atoms with E-state index in [-0.39, 0.29) is 5.91 Å². The molecule has 0 aliphatic heterocycles. The van der Waals surface area contributed by atoms with Crippen molar-refractivity contribution >= 4 is 5.91 Å². The van der Waals surface area contributed by atoms with Gasteiger partial charge in [-0.05, 0) is 50.8 Å². The molecule has 0 unspecified atom stereocenters. The summed E-state index contributed by atoms with van der Waals surface area (Å²) in [4.78, 5) is 16.7. The van der Waals surface area contributed by atoms with Crippen LogP contribution in [0, 0.1) is 0 Å². The highest BCUT2D eigenvalue weighted by molar-refractivity contribution is 5.76. The zero-order chi connectivity index (χ0) is 19.5. The molecule has 5 nitrogen and oxygen atoms in total. The highest BCUT2D eigenvalue weighted by Gasteiger charge is 2.14. The summed E-state index contributed by atoms with van der Waals surface area (Å²) >= 11 is 0. The Hall–Kier alpha value is -2.53. The Morgan fingerprint density at radius 2 is 1.52 bits per heavy atom. The van der Waals surface area contributed by atoms with Crippen molar-refractivity contribution in [3.63, 3.8) is 0 Å². The van der Waals surface area contributed by atoms with Gasteiger partial charge in [0.25, 0.3) is 0 Å². The van der Waals surface area contributed by atoms with Gasteiger partial charge in [0.15, 0.2) is 0 Å². The Morgan fingerprint density at radius 1 is 0.889 bits per heavy atom. The van der Waals surface area contributed by atoms with Gasteiger partial charge in [0.05, 0.1) is 19.6 Å². The van der Waals surface area contributed by atoms with Gasteiger partial charge in [-0.25, -0.2) is 0 Å². The van der Waals surface area contributed by atoms with Crippen LogP contribution in [0.5, 0.6) is 11.5 Å². The third kappa shape index (κ3) is 7.71. The highest BCUT2D eigenvalue weighted by atomic mass is 16.5. The van der Waals surface area contributed by atoms with Crippen LogP contribution >= 0.6 is 0 Å². The number of hydrogen-bond donors (Lipinski definition) is 0. The van der Waals surface area contributed by atoms with Crippen LogP contribution < -0.4 is 9.47 Å². The quantitative estimate of drug-likeness (QED) is 0.608. The molecule has 0 aliphatic rings. The van der Waals surface area contributed by atoms with Gasteiger partial charge in [0.2, 0.25) is 5.91 Å². The molecule has 0 heterocycles. The number of rotatable bonds is 11. The average molecular weight is 370 g/mol. The van der Waals surface area contributed by atoms with Crippen molar-refractivity contribution in [3.05, 3.63) is 60.2 Å². The smallest absolute Gasteiger partial charge is 0.226 e. The summed E-state index contributed by atoms with van der Waals surface area (Å²) in [7, 11) is 4.03. The normalized spacial score (nSPS) is 10.7. The fourth-order valence-electron chi connectivity index (χ4n) is 2.63. The zero-order valence-electron chi connectivity index (χ0n) is 16.6. The third-order valence-corrected chi connectivity index (χ3v) is 4.11. The fraction of sp³-hybridized carbons (Fsp3) is 0.409. The molecule has 0 saturated carbocycles. The maximum absolute atomic E-state index is 12.7. The highest BCUT2D eigenvalue weighted by Crippen LogP contribution is 2.17. The van der Waals surface area contributed by atoms with Crippen molar-refractivity contribution in [2.75, 3.05) is 40.4 Å². The first-order valence-corrected chi connectivity index (χ1v) is 9.40. The molecule has 27 heavy (non-hydrogen) atoms. The lowest BCUT2D eigenvalue weighted by atomic mass is 10.2. The maximum atomic E-state index is 12.7. The van der Waals surface area contributed by atoms with Crippen LogP contribution in [0.1, 0.15) is 18.9 Å². The predicted octanol–water partition coefficient (Wildman–Crippen LogP) is 3.44. The van der Waals surface area contributed by atoms with Crippen LogP contribution in [0.3, 0.4) is 0 Å². The minimum absolute atomic E-state index is 0.103. The number of hydrogen-bond acceptors (Lipinski definition) is 4. The van der Waals surface area contributed by atoms with E-state index in [9.17, 15) is 4.79 Å². The van der Waals surface area contributed by atoms with Gasteiger partial charge in [0.1, 0.15) is 11.5 Å². The molecule has 0 fully saturated rings. The number of likely N-dealkylation sites (N-methyl/N-ethyl adjacent to an activating group) is 1. The van der Waals surface area contributed by atoms with E-state index in [4.69, 9.17) is 9.47 Å². The van der Waals surface area contributed by atoms with Gasteiger partial charge in [-0.15, -0.1) is 0 Å². The minimum Gasteiger partial charge on any atom is -0.494 e. The van der Waals surface area contributed by atoms with Crippen LogP contribution in [-0.2, 0) is 11.3 Å². The topological polar surface area (TPSA) is 42.0 Å². The number of carbonyl (C=O) groups is 1. The van der Waals surface area contributed by atoms with Crippen molar-refractivity contribution in [2.45, 2.75) is 19.9 Å². The Labute approximate surface area is 162 Å². The van der Waals surface area contributed by atoms with E-state index in [1.165, 1.54) is 0 Å². The van der Waals surface area contributed by atoms with E-state index >= 15 is 0 Å². The monoisotopic (exact) mass is 370 g/mol. The van der Waals surface area contributed by atoms with Gasteiger partial charge < -0.3 is 19.3 Å². The second-order valence-electron chi connectivity index (χ2n) is 6.61. The molecule has 0 atom stereocenters. The first-order chi connectivity index (χ1) is 13.1. The molecule has 0 spiro atoms. The SMILES string of the molecule is CCOc1ccc(OCCC(=O)N(CCN(C)C)Cc2ccccc2)cc1. The van der Waals surface area contributed by atoms with E-state index in [0.717, 1.165) is 23.6 Å². The van der Waals surface area contributed by atoms with E-state index < -0.39 is 0 Å². The zero-order valence-corrected chi connectivity index (χ0v) is 16.6. The maximum Gasteiger partial charge on any atom is 0.226 e. The van der Waals surface area contributed by atoms with Gasteiger partial charge in [-0.3, -0.25) is 4.79 Å². The van der Waals surface area contributed by atoms with Crippen LogP contribution in [-0.4, -0.2) is 56.1 Å². The van der Waals surface area contributed by atoms with Gasteiger partial charge >= 0.3 is 0 Å². The Kier molecular flexibility index (Phi) is 8.65. The molecule has 0 aromatic heterocycles. The van der Waals surface area contributed by atoms with Crippen molar-refractivity contribution in [2.24, 2.45) is 0 Å². The molecular formula is C22H30N2O3. The summed E-state index contributed by atoms with van der Waals surface area (Å²) in [5, 5.41) is 0. The summed E-state index contributed by atoms with van der Waals surface area (Å²) < 4.78 is 11.1. The molecule has 0 radical (unpaired) electrons. The number of amides is 1. The first-order valence-electron chi connectivity index (χ1n) is 9.40. The largest absolute Gasteiger partial charge is 0.494 e. The van der Waals surface area contributed by atoms with Crippen molar-refractivity contribution < 1.29 is 14.3 Å². The van der Waals surface area contributed by atoms with E-state index in [1.54, 1.807) is 0 Å². The van der Waals surface area contributed by atoms with Crippen molar-refractivity contribution in [3.8, 4) is 11.5 Å². The molecule has 0 bridgehead atoms. The van der Waals surface area contributed by atoms with Crippen molar-refractivity contribution in [1.29, 1.82) is 0 Å². The van der Waals surface area contributed by atoms with Gasteiger partial charge in [-0.1, -0.05) is 30.3 Å². The summed E-state index contributed by atoms with van der Waals surface area (Å²) in [6.45, 7) is 5.10. The Balaban J connectivity index is 1.86. The summed E-state index contributed by atoms with van der Waals surface area (Å²) in [6.07, 6.45) is 0.355. The lowest BCUT2D eigenvalue weighted by Gasteiger charge is -2.24. The lowest BCUT2D eigenvalue weighted by molar-refractivity contribution is -0.132. The van der Waals surface area contributed by atoms with Gasteiger partial charge in [-0.2, -0.15) is 0 Å². The number of nitrogens with zero attached hydrogens (tertiary/aromatic N) is 2. The van der Waals surface area contributed by atoms with Crippen LogP contribution in [0.4, 0.5) is 0 Å². The van der Waals surface area contributed by atoms with E-state index in [1.807, 2.05) is 80.5 Å². The molecule has 146 valence electrons. The second-order valence-corrected chi connectivity index (χ2v) is 6.61. The fourth-order valence-corrected chi connectivity index (χ4v) is 2.63. The molecule has 0 saturated heterocycles. The first kappa shape index (κ1) is 20.8. The van der Waals surface area contributed by atoms with Crippen LogP contribution in [0.25, 0.3) is 0 Å². The molecule has 2 aromatic carbocycles. The molecule has 0 N–H and O–H groups in total. The average Bonchev–Trinajstić information content (AvgIpc) is 2.67. The second kappa shape index (κ2) is 11.2. The number of benzene rings is 2. The predicted molar refractivity (Wildman–Crippen MR) is 108 cm³/mol. The summed E-state index contributed by atoms with van der Waals surface area (Å²) in [5.41, 5.74) is 1.14. The van der Waals surface area contributed by atoms with E-state index in [0.29, 0.717) is 32.7 Å². The Morgan fingerprint density at radius 3 is 2.11 bits per heavy atom. The minimum atomic E-state index is 0.103. The molecule has 0 aliphatic carbocycles. The Bertz CT molecular complexity index is 672. The van der Waals surface area contributed by atoms with Crippen molar-refractivity contribution in [1.82, 2.24) is 9.80 Å². The summed E-state index contributed by atoms with van der Waals surface area (Å²) in [5.74, 6) is 1.67. The molecule has 1 amide bonds. The molecule has 5 heteroatoms.